The van der Waals surface area contributed by atoms with Gasteiger partial charge in [0.05, 0.1) is 0 Å². The Kier molecular flexibility index (Phi) is 6.17. The number of nitrogens with zero attached hydrogens (tertiary/aromatic N) is 2. The molecule has 2 fully saturated rings. The molecule has 2 atom stereocenters. The number of piperidine rings is 2. The SMILES string of the molecule is O=C1CCC(N2Cc3cc(OCC4CCCCN4Cc4ccc5c(c4)OC(F)(F)O5)ccc3C2=O)C(=O)N1. The van der Waals surface area contributed by atoms with Gasteiger partial charge in [-0.3, -0.25) is 24.6 Å². The van der Waals surface area contributed by atoms with E-state index in [1.165, 1.54) is 11.0 Å². The van der Waals surface area contributed by atoms with Gasteiger partial charge in [-0.15, -0.1) is 8.78 Å². The van der Waals surface area contributed by atoms with Crippen LogP contribution < -0.4 is 19.5 Å². The highest BCUT2D eigenvalue weighted by Gasteiger charge is 2.43. The summed E-state index contributed by atoms with van der Waals surface area (Å²) in [5, 5.41) is 2.31. The van der Waals surface area contributed by atoms with E-state index in [0.717, 1.165) is 36.9 Å². The lowest BCUT2D eigenvalue weighted by atomic mass is 10.0. The Morgan fingerprint density at radius 2 is 1.87 bits per heavy atom. The number of carbonyl (C=O) groups is 3. The molecule has 2 aromatic carbocycles. The number of ether oxygens (including phenoxy) is 3. The summed E-state index contributed by atoms with van der Waals surface area (Å²) in [7, 11) is 0. The van der Waals surface area contributed by atoms with Crippen LogP contribution in [0.5, 0.6) is 17.2 Å². The summed E-state index contributed by atoms with van der Waals surface area (Å²) in [4.78, 5) is 40.5. The van der Waals surface area contributed by atoms with E-state index >= 15 is 0 Å². The van der Waals surface area contributed by atoms with Crippen molar-refractivity contribution in [3.05, 3.63) is 53.1 Å². The maximum absolute atomic E-state index is 13.4. The zero-order chi connectivity index (χ0) is 26.4. The molecular weight excluding hydrogens is 500 g/mol. The predicted molar refractivity (Wildman–Crippen MR) is 129 cm³/mol. The van der Waals surface area contributed by atoms with Crippen LogP contribution >= 0.6 is 0 Å². The van der Waals surface area contributed by atoms with E-state index in [1.54, 1.807) is 24.3 Å². The fourth-order valence-electron chi connectivity index (χ4n) is 5.62. The first-order valence-corrected chi connectivity index (χ1v) is 12.8. The maximum Gasteiger partial charge on any atom is 0.586 e. The number of fused-ring (bicyclic) bond motifs is 2. The number of alkyl halides is 2. The van der Waals surface area contributed by atoms with E-state index in [2.05, 4.69) is 19.7 Å². The topological polar surface area (TPSA) is 97.4 Å². The van der Waals surface area contributed by atoms with Crippen LogP contribution in [0.3, 0.4) is 0 Å². The number of rotatable bonds is 6. The number of hydrogen-bond acceptors (Lipinski definition) is 7. The molecule has 2 saturated heterocycles. The van der Waals surface area contributed by atoms with Crippen LogP contribution in [-0.4, -0.2) is 59.1 Å². The molecule has 0 bridgehead atoms. The number of halogens is 2. The Labute approximate surface area is 217 Å². The number of nitrogens with one attached hydrogen (secondary N) is 1. The van der Waals surface area contributed by atoms with Crippen molar-refractivity contribution in [2.24, 2.45) is 0 Å². The van der Waals surface area contributed by atoms with Gasteiger partial charge in [-0.05, 0) is 67.3 Å². The average molecular weight is 528 g/mol. The third kappa shape index (κ3) is 4.78. The van der Waals surface area contributed by atoms with Crippen molar-refractivity contribution in [1.29, 1.82) is 0 Å². The molecule has 0 saturated carbocycles. The second-order valence-corrected chi connectivity index (χ2v) is 10.1. The standard InChI is InChI=1S/C27H27F2N3O6/c28-27(29)37-22-8-4-16(11-23(22)38-27)13-31-10-2-1-3-18(31)15-36-19-5-6-20-17(12-19)14-32(26(20)35)21-7-9-24(33)30-25(21)34/h4-6,8,11-12,18,21H,1-3,7,9-10,13-15H2,(H,30,33,34). The maximum atomic E-state index is 13.4. The lowest BCUT2D eigenvalue weighted by molar-refractivity contribution is -0.286. The molecule has 6 rings (SSSR count). The van der Waals surface area contributed by atoms with Gasteiger partial charge in [0.25, 0.3) is 5.91 Å². The smallest absolute Gasteiger partial charge is 0.492 e. The highest BCUT2D eigenvalue weighted by molar-refractivity contribution is 6.05. The third-order valence-electron chi connectivity index (χ3n) is 7.54. The van der Waals surface area contributed by atoms with E-state index in [0.29, 0.717) is 30.9 Å². The van der Waals surface area contributed by atoms with E-state index in [-0.39, 0.29) is 42.3 Å². The molecule has 38 heavy (non-hydrogen) atoms. The number of amides is 3. The largest absolute Gasteiger partial charge is 0.586 e. The summed E-state index contributed by atoms with van der Waals surface area (Å²) in [5.41, 5.74) is 2.17. The quantitative estimate of drug-likeness (QED) is 0.577. The molecule has 200 valence electrons. The van der Waals surface area contributed by atoms with Gasteiger partial charge in [0, 0.05) is 31.1 Å². The summed E-state index contributed by atoms with van der Waals surface area (Å²) in [5.74, 6) is -0.270. The minimum Gasteiger partial charge on any atom is -0.492 e. The van der Waals surface area contributed by atoms with E-state index in [9.17, 15) is 23.2 Å². The predicted octanol–water partition coefficient (Wildman–Crippen LogP) is 3.20. The van der Waals surface area contributed by atoms with Gasteiger partial charge in [-0.2, -0.15) is 0 Å². The van der Waals surface area contributed by atoms with E-state index in [4.69, 9.17) is 4.74 Å². The van der Waals surface area contributed by atoms with Crippen LogP contribution in [0, 0.1) is 0 Å². The summed E-state index contributed by atoms with van der Waals surface area (Å²) in [6, 6.07) is 9.65. The second kappa shape index (κ2) is 9.54. The number of carbonyl (C=O) groups excluding carboxylic acids is 3. The number of likely N-dealkylation sites (tertiary alicyclic amines) is 1. The Morgan fingerprint density at radius 3 is 2.71 bits per heavy atom. The Hall–Kier alpha value is -3.73. The van der Waals surface area contributed by atoms with Crippen LogP contribution in [0.2, 0.25) is 0 Å². The Balaban J connectivity index is 1.09. The zero-order valence-electron chi connectivity index (χ0n) is 20.6. The lowest BCUT2D eigenvalue weighted by Gasteiger charge is -2.35. The lowest BCUT2D eigenvalue weighted by Crippen LogP contribution is -2.52. The molecule has 0 radical (unpaired) electrons. The Morgan fingerprint density at radius 1 is 1.03 bits per heavy atom. The molecule has 9 nitrogen and oxygen atoms in total. The van der Waals surface area contributed by atoms with Gasteiger partial charge in [0.15, 0.2) is 11.5 Å². The fraction of sp³-hybridized carbons (Fsp3) is 0.444. The summed E-state index contributed by atoms with van der Waals surface area (Å²) in [6.45, 7) is 2.15. The normalized spacial score (nSPS) is 24.4. The first kappa shape index (κ1) is 24.6. The molecule has 0 aliphatic carbocycles. The van der Waals surface area contributed by atoms with Crippen molar-refractivity contribution in [1.82, 2.24) is 15.1 Å². The first-order chi connectivity index (χ1) is 18.3. The van der Waals surface area contributed by atoms with Gasteiger partial charge in [-0.25, -0.2) is 0 Å². The number of hydrogen-bond donors (Lipinski definition) is 1. The monoisotopic (exact) mass is 527 g/mol. The van der Waals surface area contributed by atoms with Crippen molar-refractivity contribution >= 4 is 17.7 Å². The highest BCUT2D eigenvalue weighted by atomic mass is 19.3. The third-order valence-corrected chi connectivity index (χ3v) is 7.54. The fourth-order valence-corrected chi connectivity index (χ4v) is 5.62. The molecule has 0 aromatic heterocycles. The molecule has 4 aliphatic heterocycles. The van der Waals surface area contributed by atoms with Gasteiger partial charge in [-0.1, -0.05) is 12.5 Å². The molecule has 1 N–H and O–H groups in total. The van der Waals surface area contributed by atoms with Crippen molar-refractivity contribution in [3.63, 3.8) is 0 Å². The van der Waals surface area contributed by atoms with Crippen LogP contribution in [0.1, 0.15) is 53.6 Å². The minimum atomic E-state index is -3.64. The van der Waals surface area contributed by atoms with Crippen LogP contribution in [-0.2, 0) is 22.7 Å². The zero-order valence-corrected chi connectivity index (χ0v) is 20.6. The van der Waals surface area contributed by atoms with Crippen LogP contribution in [0.4, 0.5) is 8.78 Å². The summed E-state index contributed by atoms with van der Waals surface area (Å²) < 4.78 is 42.0. The van der Waals surface area contributed by atoms with Crippen LogP contribution in [0.25, 0.3) is 0 Å². The van der Waals surface area contributed by atoms with E-state index in [1.807, 2.05) is 6.07 Å². The first-order valence-electron chi connectivity index (χ1n) is 12.8. The van der Waals surface area contributed by atoms with Gasteiger partial charge < -0.3 is 19.1 Å². The molecular formula is C27H27F2N3O6. The summed E-state index contributed by atoms with van der Waals surface area (Å²) in [6.07, 6.45) is -0.0660. The van der Waals surface area contributed by atoms with Gasteiger partial charge >= 0.3 is 6.29 Å². The van der Waals surface area contributed by atoms with Gasteiger partial charge in [0.2, 0.25) is 11.8 Å². The molecule has 11 heteroatoms. The highest BCUT2D eigenvalue weighted by Crippen LogP contribution is 2.41. The molecule has 4 aliphatic rings. The Bertz CT molecular complexity index is 1300. The van der Waals surface area contributed by atoms with Crippen molar-refractivity contribution in [2.75, 3.05) is 13.2 Å². The van der Waals surface area contributed by atoms with E-state index < -0.39 is 18.2 Å². The van der Waals surface area contributed by atoms with Crippen molar-refractivity contribution in [2.45, 2.75) is 63.6 Å². The molecule has 3 amide bonds. The summed E-state index contributed by atoms with van der Waals surface area (Å²) >= 11 is 0. The average Bonchev–Trinajstić information content (AvgIpc) is 3.37. The molecule has 0 spiro atoms. The minimum absolute atomic E-state index is 0.0311. The van der Waals surface area contributed by atoms with Gasteiger partial charge in [0.1, 0.15) is 18.4 Å². The number of imide groups is 1. The van der Waals surface area contributed by atoms with Crippen LogP contribution in [0.15, 0.2) is 36.4 Å². The molecule has 4 heterocycles. The van der Waals surface area contributed by atoms with Crippen molar-refractivity contribution < 1.29 is 37.4 Å². The second-order valence-electron chi connectivity index (χ2n) is 10.1. The molecule has 2 aromatic rings. The number of benzene rings is 2. The van der Waals surface area contributed by atoms with Crippen molar-refractivity contribution in [3.8, 4) is 17.2 Å². The molecule has 2 unspecified atom stereocenters.